The number of aromatic nitrogens is 2. The summed E-state index contributed by atoms with van der Waals surface area (Å²) in [4.78, 5) is 6.92. The standard InChI is InChI=1S/C18H36N6O/c1-6-8-11-25-12-9-10-20-18(19-7-2)21-14-17(23(3)4)16-13-22-24(5)15-16/h13,15,17H,6-12,14H2,1-5H3,(H2,19,20,21). The molecule has 144 valence electrons. The van der Waals surface area contributed by atoms with Crippen molar-refractivity contribution in [3.8, 4) is 0 Å². The Labute approximate surface area is 152 Å². The summed E-state index contributed by atoms with van der Waals surface area (Å²) in [5.74, 6) is 0.854. The first kappa shape index (κ1) is 21.4. The molecule has 1 atom stereocenters. The van der Waals surface area contributed by atoms with Crippen molar-refractivity contribution in [1.82, 2.24) is 25.3 Å². The molecule has 7 nitrogen and oxygen atoms in total. The molecular formula is C18H36N6O. The van der Waals surface area contributed by atoms with Crippen LogP contribution in [0.4, 0.5) is 0 Å². The second-order valence-corrected chi connectivity index (χ2v) is 6.39. The van der Waals surface area contributed by atoms with Crippen LogP contribution in [0.1, 0.15) is 44.7 Å². The zero-order valence-corrected chi connectivity index (χ0v) is 16.6. The largest absolute Gasteiger partial charge is 0.381 e. The zero-order valence-electron chi connectivity index (χ0n) is 16.6. The number of hydrogen-bond acceptors (Lipinski definition) is 4. The van der Waals surface area contributed by atoms with E-state index in [4.69, 9.17) is 9.73 Å². The number of unbranched alkanes of at least 4 members (excludes halogenated alkanes) is 1. The van der Waals surface area contributed by atoms with Gasteiger partial charge >= 0.3 is 0 Å². The molecule has 7 heteroatoms. The molecule has 0 spiro atoms. The van der Waals surface area contributed by atoms with Crippen LogP contribution >= 0.6 is 0 Å². The van der Waals surface area contributed by atoms with Crippen molar-refractivity contribution in [3.05, 3.63) is 18.0 Å². The van der Waals surface area contributed by atoms with Crippen LogP contribution in [-0.2, 0) is 11.8 Å². The van der Waals surface area contributed by atoms with Crippen molar-refractivity contribution >= 4 is 5.96 Å². The summed E-state index contributed by atoms with van der Waals surface area (Å²) in [5, 5.41) is 11.0. The number of aliphatic imine (C=N–C) groups is 1. The Kier molecular flexibility index (Phi) is 10.9. The lowest BCUT2D eigenvalue weighted by Gasteiger charge is -2.22. The fourth-order valence-corrected chi connectivity index (χ4v) is 2.43. The second-order valence-electron chi connectivity index (χ2n) is 6.39. The van der Waals surface area contributed by atoms with Crippen molar-refractivity contribution in [2.24, 2.45) is 12.0 Å². The molecule has 0 saturated heterocycles. The van der Waals surface area contributed by atoms with Gasteiger partial charge in [-0.2, -0.15) is 5.10 Å². The van der Waals surface area contributed by atoms with Gasteiger partial charge in [0, 0.05) is 45.1 Å². The maximum atomic E-state index is 5.59. The maximum absolute atomic E-state index is 5.59. The topological polar surface area (TPSA) is 66.7 Å². The van der Waals surface area contributed by atoms with Gasteiger partial charge in [0.05, 0.1) is 18.8 Å². The molecule has 0 bridgehead atoms. The van der Waals surface area contributed by atoms with Gasteiger partial charge in [-0.25, -0.2) is 0 Å². The van der Waals surface area contributed by atoms with Crippen molar-refractivity contribution in [1.29, 1.82) is 0 Å². The van der Waals surface area contributed by atoms with Crippen LogP contribution < -0.4 is 10.6 Å². The minimum absolute atomic E-state index is 0.210. The number of nitrogens with one attached hydrogen (secondary N) is 2. The molecule has 0 aliphatic carbocycles. The van der Waals surface area contributed by atoms with Gasteiger partial charge in [0.25, 0.3) is 0 Å². The average molecular weight is 353 g/mol. The van der Waals surface area contributed by atoms with Gasteiger partial charge in [0.1, 0.15) is 0 Å². The molecule has 1 rings (SSSR count). The van der Waals surface area contributed by atoms with E-state index in [-0.39, 0.29) is 6.04 Å². The lowest BCUT2D eigenvalue weighted by atomic mass is 10.1. The van der Waals surface area contributed by atoms with Crippen molar-refractivity contribution in [3.63, 3.8) is 0 Å². The summed E-state index contributed by atoms with van der Waals surface area (Å²) in [6.45, 7) is 8.30. The zero-order chi connectivity index (χ0) is 18.5. The number of rotatable bonds is 12. The van der Waals surface area contributed by atoms with Crippen molar-refractivity contribution in [2.75, 3.05) is 46.9 Å². The first-order valence-electron chi connectivity index (χ1n) is 9.33. The third-order valence-corrected chi connectivity index (χ3v) is 3.90. The Bertz CT molecular complexity index is 486. The molecule has 0 aliphatic rings. The fraction of sp³-hybridized carbons (Fsp3) is 0.778. The summed E-state index contributed by atoms with van der Waals surface area (Å²) >= 11 is 0. The lowest BCUT2D eigenvalue weighted by Crippen LogP contribution is -2.38. The Hall–Kier alpha value is -1.60. The summed E-state index contributed by atoms with van der Waals surface area (Å²) in [5.41, 5.74) is 1.18. The highest BCUT2D eigenvalue weighted by Gasteiger charge is 2.15. The molecule has 0 radical (unpaired) electrons. The van der Waals surface area contributed by atoms with E-state index < -0.39 is 0 Å². The van der Waals surface area contributed by atoms with Crippen molar-refractivity contribution < 1.29 is 4.74 Å². The fourth-order valence-electron chi connectivity index (χ4n) is 2.43. The highest BCUT2D eigenvalue weighted by molar-refractivity contribution is 5.79. The van der Waals surface area contributed by atoms with Gasteiger partial charge in [-0.05, 0) is 33.9 Å². The van der Waals surface area contributed by atoms with E-state index in [0.29, 0.717) is 6.54 Å². The summed E-state index contributed by atoms with van der Waals surface area (Å²) < 4.78 is 7.42. The number of guanidine groups is 1. The minimum Gasteiger partial charge on any atom is -0.381 e. The minimum atomic E-state index is 0.210. The average Bonchev–Trinajstić information content (AvgIpc) is 2.99. The highest BCUT2D eigenvalue weighted by atomic mass is 16.5. The predicted octanol–water partition coefficient (Wildman–Crippen LogP) is 1.78. The monoisotopic (exact) mass is 352 g/mol. The van der Waals surface area contributed by atoms with Gasteiger partial charge < -0.3 is 20.3 Å². The third-order valence-electron chi connectivity index (χ3n) is 3.90. The molecule has 0 fully saturated rings. The van der Waals surface area contributed by atoms with Gasteiger partial charge in [-0.1, -0.05) is 13.3 Å². The lowest BCUT2D eigenvalue weighted by molar-refractivity contribution is 0.129. The summed E-state index contributed by atoms with van der Waals surface area (Å²) in [7, 11) is 6.08. The normalized spacial score (nSPS) is 13.3. The van der Waals surface area contributed by atoms with Crippen LogP contribution in [0.25, 0.3) is 0 Å². The number of hydrogen-bond donors (Lipinski definition) is 2. The molecule has 1 heterocycles. The van der Waals surface area contributed by atoms with Crippen LogP contribution in [0.15, 0.2) is 17.4 Å². The molecule has 1 unspecified atom stereocenters. The van der Waals surface area contributed by atoms with Crippen LogP contribution in [0, 0.1) is 0 Å². The molecular weight excluding hydrogens is 316 g/mol. The summed E-state index contributed by atoms with van der Waals surface area (Å²) in [6.07, 6.45) is 7.26. The Morgan fingerprint density at radius 2 is 2.04 bits per heavy atom. The predicted molar refractivity (Wildman–Crippen MR) is 104 cm³/mol. The maximum Gasteiger partial charge on any atom is 0.191 e. The molecule has 0 aromatic carbocycles. The van der Waals surface area contributed by atoms with Crippen LogP contribution in [0.2, 0.25) is 0 Å². The number of ether oxygens (including phenoxy) is 1. The number of likely N-dealkylation sites (N-methyl/N-ethyl adjacent to an activating group) is 1. The van der Waals surface area contributed by atoms with E-state index in [1.54, 1.807) is 0 Å². The van der Waals surface area contributed by atoms with Gasteiger partial charge in [0.2, 0.25) is 0 Å². The van der Waals surface area contributed by atoms with E-state index in [1.807, 2.05) is 24.1 Å². The van der Waals surface area contributed by atoms with Gasteiger partial charge in [-0.3, -0.25) is 9.67 Å². The Morgan fingerprint density at radius 3 is 2.64 bits per heavy atom. The van der Waals surface area contributed by atoms with Gasteiger partial charge in [0.15, 0.2) is 5.96 Å². The third kappa shape index (κ3) is 8.88. The van der Waals surface area contributed by atoms with Gasteiger partial charge in [-0.15, -0.1) is 0 Å². The molecule has 1 aromatic heterocycles. The van der Waals surface area contributed by atoms with Crippen molar-refractivity contribution in [2.45, 2.75) is 39.2 Å². The van der Waals surface area contributed by atoms with Crippen LogP contribution in [0.3, 0.4) is 0 Å². The van der Waals surface area contributed by atoms with E-state index in [1.165, 1.54) is 12.0 Å². The summed E-state index contributed by atoms with van der Waals surface area (Å²) in [6, 6.07) is 0.210. The quantitative estimate of drug-likeness (QED) is 0.341. The van der Waals surface area contributed by atoms with E-state index in [2.05, 4.69) is 48.6 Å². The number of aryl methyl sites for hydroxylation is 1. The molecule has 25 heavy (non-hydrogen) atoms. The highest BCUT2D eigenvalue weighted by Crippen LogP contribution is 2.17. The smallest absolute Gasteiger partial charge is 0.191 e. The first-order chi connectivity index (χ1) is 12.1. The molecule has 1 aromatic rings. The number of nitrogens with zero attached hydrogens (tertiary/aromatic N) is 4. The Balaban J connectivity index is 2.46. The molecule has 2 N–H and O–H groups in total. The SMILES string of the molecule is CCCCOCCCNC(=NCC(c1cnn(C)c1)N(C)C)NCC. The molecule has 0 saturated carbocycles. The molecule has 0 aliphatic heterocycles. The van der Waals surface area contributed by atoms with E-state index in [0.717, 1.165) is 45.1 Å². The second kappa shape index (κ2) is 12.7. The van der Waals surface area contributed by atoms with E-state index >= 15 is 0 Å². The Morgan fingerprint density at radius 1 is 1.28 bits per heavy atom. The molecule has 0 amide bonds. The van der Waals surface area contributed by atoms with Crippen LogP contribution in [-0.4, -0.2) is 67.6 Å². The van der Waals surface area contributed by atoms with Crippen LogP contribution in [0.5, 0.6) is 0 Å². The van der Waals surface area contributed by atoms with E-state index in [9.17, 15) is 0 Å². The first-order valence-corrected chi connectivity index (χ1v) is 9.33.